The van der Waals surface area contributed by atoms with Gasteiger partial charge in [-0.05, 0) is 50.1 Å². The predicted molar refractivity (Wildman–Crippen MR) is 104 cm³/mol. The van der Waals surface area contributed by atoms with Crippen LogP contribution in [-0.4, -0.2) is 64.7 Å². The molecule has 3 rings (SSSR count). The minimum atomic E-state index is 0.0487. The van der Waals surface area contributed by atoms with E-state index in [1.54, 1.807) is 0 Å². The molecule has 2 amide bonds. The second-order valence-corrected chi connectivity index (χ2v) is 9.24. The maximum absolute atomic E-state index is 12.9. The van der Waals surface area contributed by atoms with Gasteiger partial charge in [-0.1, -0.05) is 25.9 Å². The quantitative estimate of drug-likeness (QED) is 0.854. The molecule has 1 aromatic rings. The normalized spacial score (nSPS) is 20.8. The Hall–Kier alpha value is -1.63. The summed E-state index contributed by atoms with van der Waals surface area (Å²) >= 11 is 0. The van der Waals surface area contributed by atoms with Crippen molar-refractivity contribution < 1.29 is 9.32 Å². The molecule has 0 unspecified atom stereocenters. The third-order valence-electron chi connectivity index (χ3n) is 5.93. The third kappa shape index (κ3) is 5.67. The molecule has 2 saturated heterocycles. The van der Waals surface area contributed by atoms with Gasteiger partial charge < -0.3 is 19.6 Å². The number of hydrogen-bond acceptors (Lipinski definition) is 5. The number of carbonyl (C=O) groups excluding carboxylic acids is 1. The molecule has 1 aromatic heterocycles. The van der Waals surface area contributed by atoms with E-state index in [-0.39, 0.29) is 17.5 Å². The number of urea groups is 1. The van der Waals surface area contributed by atoms with Gasteiger partial charge in [-0.2, -0.15) is 4.98 Å². The summed E-state index contributed by atoms with van der Waals surface area (Å²) in [5.74, 6) is 1.93. The summed E-state index contributed by atoms with van der Waals surface area (Å²) in [4.78, 5) is 21.6. The molecule has 0 aromatic carbocycles. The molecule has 152 valence electrons. The zero-order chi connectivity index (χ0) is 19.4. The SMILES string of the molecule is Cc1nc(CC2CCN(C(=O)N[C@H](CN3CCCC3)C(C)(C)C)CC2)no1. The highest BCUT2D eigenvalue weighted by Gasteiger charge is 2.31. The molecule has 0 bridgehead atoms. The van der Waals surface area contributed by atoms with Crippen molar-refractivity contribution in [3.8, 4) is 0 Å². The van der Waals surface area contributed by atoms with E-state index in [0.717, 1.165) is 57.8 Å². The van der Waals surface area contributed by atoms with Crippen LogP contribution in [0.2, 0.25) is 0 Å². The fourth-order valence-electron chi connectivity index (χ4n) is 4.02. The summed E-state index contributed by atoms with van der Waals surface area (Å²) in [7, 11) is 0. The maximum Gasteiger partial charge on any atom is 0.317 e. The van der Waals surface area contributed by atoms with Gasteiger partial charge in [0.2, 0.25) is 5.89 Å². The van der Waals surface area contributed by atoms with Crippen LogP contribution >= 0.6 is 0 Å². The summed E-state index contributed by atoms with van der Waals surface area (Å²) in [5, 5.41) is 7.32. The van der Waals surface area contributed by atoms with Gasteiger partial charge in [0.05, 0.1) is 0 Å². The maximum atomic E-state index is 12.9. The van der Waals surface area contributed by atoms with Crippen LogP contribution in [0, 0.1) is 18.3 Å². The highest BCUT2D eigenvalue weighted by molar-refractivity contribution is 5.74. The van der Waals surface area contributed by atoms with Crippen LogP contribution in [0.5, 0.6) is 0 Å². The van der Waals surface area contributed by atoms with Crippen molar-refractivity contribution in [1.82, 2.24) is 25.3 Å². The molecule has 0 radical (unpaired) electrons. The van der Waals surface area contributed by atoms with Gasteiger partial charge >= 0.3 is 6.03 Å². The molecule has 0 saturated carbocycles. The van der Waals surface area contributed by atoms with Crippen LogP contribution in [0.25, 0.3) is 0 Å². The van der Waals surface area contributed by atoms with Crippen molar-refractivity contribution in [1.29, 1.82) is 0 Å². The van der Waals surface area contributed by atoms with Gasteiger partial charge in [0.15, 0.2) is 5.82 Å². The number of rotatable bonds is 5. The highest BCUT2D eigenvalue weighted by Crippen LogP contribution is 2.24. The molecule has 2 aliphatic heterocycles. The number of piperidine rings is 1. The van der Waals surface area contributed by atoms with E-state index in [9.17, 15) is 4.79 Å². The van der Waals surface area contributed by atoms with E-state index in [4.69, 9.17) is 4.52 Å². The summed E-state index contributed by atoms with van der Waals surface area (Å²) in [6.07, 6.45) is 5.38. The molecule has 7 nitrogen and oxygen atoms in total. The Kier molecular flexibility index (Phi) is 6.40. The summed E-state index contributed by atoms with van der Waals surface area (Å²) in [5.41, 5.74) is 0.0487. The Morgan fingerprint density at radius 3 is 2.44 bits per heavy atom. The zero-order valence-corrected chi connectivity index (χ0v) is 17.3. The lowest BCUT2D eigenvalue weighted by Gasteiger charge is -2.38. The van der Waals surface area contributed by atoms with Gasteiger partial charge in [0, 0.05) is 39.0 Å². The van der Waals surface area contributed by atoms with Crippen LogP contribution < -0.4 is 5.32 Å². The van der Waals surface area contributed by atoms with E-state index < -0.39 is 0 Å². The summed E-state index contributed by atoms with van der Waals surface area (Å²) in [6.45, 7) is 13.3. The van der Waals surface area contributed by atoms with Crippen molar-refractivity contribution in [3.63, 3.8) is 0 Å². The van der Waals surface area contributed by atoms with Crippen molar-refractivity contribution in [2.24, 2.45) is 11.3 Å². The number of aromatic nitrogens is 2. The number of aryl methyl sites for hydroxylation is 1. The van der Waals surface area contributed by atoms with Gasteiger partial charge in [0.1, 0.15) is 0 Å². The first kappa shape index (κ1) is 20.1. The lowest BCUT2D eigenvalue weighted by atomic mass is 9.86. The number of hydrogen-bond donors (Lipinski definition) is 1. The van der Waals surface area contributed by atoms with Gasteiger partial charge in [-0.25, -0.2) is 4.79 Å². The Labute approximate surface area is 162 Å². The van der Waals surface area contributed by atoms with Gasteiger partial charge in [0.25, 0.3) is 0 Å². The second kappa shape index (κ2) is 8.59. The minimum Gasteiger partial charge on any atom is -0.340 e. The molecule has 3 heterocycles. The zero-order valence-electron chi connectivity index (χ0n) is 17.3. The molecule has 27 heavy (non-hydrogen) atoms. The Morgan fingerprint density at radius 1 is 1.22 bits per heavy atom. The number of nitrogens with one attached hydrogen (secondary N) is 1. The average molecular weight is 378 g/mol. The van der Waals surface area contributed by atoms with E-state index in [2.05, 4.69) is 41.1 Å². The average Bonchev–Trinajstić information content (AvgIpc) is 3.26. The van der Waals surface area contributed by atoms with Crippen molar-refractivity contribution in [3.05, 3.63) is 11.7 Å². The molecule has 2 aliphatic rings. The van der Waals surface area contributed by atoms with E-state index >= 15 is 0 Å². The van der Waals surface area contributed by atoms with Gasteiger partial charge in [-0.15, -0.1) is 0 Å². The van der Waals surface area contributed by atoms with Crippen LogP contribution in [0.15, 0.2) is 4.52 Å². The molecule has 0 aliphatic carbocycles. The van der Waals surface area contributed by atoms with E-state index in [1.807, 2.05) is 11.8 Å². The van der Waals surface area contributed by atoms with Crippen molar-refractivity contribution in [2.75, 3.05) is 32.7 Å². The molecule has 1 N–H and O–H groups in total. The molecule has 7 heteroatoms. The highest BCUT2D eigenvalue weighted by atomic mass is 16.5. The lowest BCUT2D eigenvalue weighted by Crippen LogP contribution is -2.55. The van der Waals surface area contributed by atoms with Crippen LogP contribution in [0.1, 0.15) is 58.2 Å². The molecule has 0 spiro atoms. The Balaban J connectivity index is 1.48. The van der Waals surface area contributed by atoms with Crippen LogP contribution in [-0.2, 0) is 6.42 Å². The number of likely N-dealkylation sites (tertiary alicyclic amines) is 2. The Bertz CT molecular complexity index is 610. The number of amides is 2. The molecular formula is C20H35N5O2. The first-order valence-corrected chi connectivity index (χ1v) is 10.4. The Morgan fingerprint density at radius 2 is 1.89 bits per heavy atom. The summed E-state index contributed by atoms with van der Waals surface area (Å²) in [6, 6.07) is 0.256. The predicted octanol–water partition coefficient (Wildman–Crippen LogP) is 2.85. The van der Waals surface area contributed by atoms with Gasteiger partial charge in [-0.3, -0.25) is 0 Å². The topological polar surface area (TPSA) is 74.5 Å². The number of nitrogens with zero attached hydrogens (tertiary/aromatic N) is 4. The molecular weight excluding hydrogens is 342 g/mol. The first-order valence-electron chi connectivity index (χ1n) is 10.4. The lowest BCUT2D eigenvalue weighted by molar-refractivity contribution is 0.145. The third-order valence-corrected chi connectivity index (χ3v) is 5.93. The smallest absolute Gasteiger partial charge is 0.317 e. The van der Waals surface area contributed by atoms with Crippen LogP contribution in [0.4, 0.5) is 4.79 Å². The van der Waals surface area contributed by atoms with Crippen LogP contribution in [0.3, 0.4) is 0 Å². The van der Waals surface area contributed by atoms with E-state index in [1.165, 1.54) is 12.8 Å². The first-order chi connectivity index (χ1) is 12.8. The fourth-order valence-corrected chi connectivity index (χ4v) is 4.02. The summed E-state index contributed by atoms with van der Waals surface area (Å²) < 4.78 is 5.06. The van der Waals surface area contributed by atoms with Crippen molar-refractivity contribution >= 4 is 6.03 Å². The van der Waals surface area contributed by atoms with E-state index in [0.29, 0.717) is 11.8 Å². The minimum absolute atomic E-state index is 0.0487. The van der Waals surface area contributed by atoms with Crippen molar-refractivity contribution in [2.45, 2.75) is 65.8 Å². The standard InChI is InChI=1S/C20H35N5O2/c1-15-21-18(23-27-15)13-16-7-11-25(12-8-16)19(26)22-17(20(2,3)4)14-24-9-5-6-10-24/h16-17H,5-14H2,1-4H3,(H,22,26)/t17-/m1/s1. The fraction of sp³-hybridized carbons (Fsp3) is 0.850. The largest absolute Gasteiger partial charge is 0.340 e. The molecule has 1 atom stereocenters. The monoisotopic (exact) mass is 377 g/mol. The second-order valence-electron chi connectivity index (χ2n) is 9.24. The number of carbonyl (C=O) groups is 1. The molecule has 2 fully saturated rings.